The minimum absolute atomic E-state index is 0.146. The van der Waals surface area contributed by atoms with Crippen LogP contribution in [0.25, 0.3) is 0 Å². The van der Waals surface area contributed by atoms with Gasteiger partial charge in [0.05, 0.1) is 11.2 Å². The number of fused-ring (bicyclic) bond motifs is 1. The summed E-state index contributed by atoms with van der Waals surface area (Å²) in [5.74, 6) is 1.34. The van der Waals surface area contributed by atoms with Crippen LogP contribution in [-0.4, -0.2) is 27.2 Å². The summed E-state index contributed by atoms with van der Waals surface area (Å²) in [5.41, 5.74) is -0.904. The maximum atomic E-state index is 12.6. The quantitative estimate of drug-likeness (QED) is 0.445. The van der Waals surface area contributed by atoms with E-state index in [2.05, 4.69) is 13.8 Å². The first kappa shape index (κ1) is 26.6. The molecule has 3 atom stereocenters. The lowest BCUT2D eigenvalue weighted by atomic mass is 9.56. The summed E-state index contributed by atoms with van der Waals surface area (Å²) in [6.45, 7) is 16.4. The summed E-state index contributed by atoms with van der Waals surface area (Å²) in [6, 6.07) is 0. The Morgan fingerprint density at radius 2 is 1.38 bits per heavy atom. The maximum Gasteiger partial charge on any atom is 0.136 e. The van der Waals surface area contributed by atoms with Crippen molar-refractivity contribution in [3.05, 3.63) is 0 Å². The second kappa shape index (κ2) is 10.3. The third-order valence-electron chi connectivity index (χ3n) is 7.78. The molecule has 3 nitrogen and oxygen atoms in total. The van der Waals surface area contributed by atoms with E-state index in [-0.39, 0.29) is 16.7 Å². The van der Waals surface area contributed by atoms with Crippen LogP contribution in [0, 0.1) is 22.7 Å². The highest BCUT2D eigenvalue weighted by molar-refractivity contribution is 5.83. The highest BCUT2D eigenvalue weighted by atomic mass is 16.3. The molecular weight excluding hydrogens is 360 g/mol. The monoisotopic (exact) mass is 410 g/mol. The standard InChI is InChI=1S/C24H44O3.C2H6/c1-21(2,26)13-8-15-23(5,16-9-14-22(3,4)27)20-12-11-18-19(25)10-7-17-24(18,20)6;1-2/h18,20,26-27H,7-17H2,1-6H3;1-2H3/t18?,20-,24?;/m1./s1. The van der Waals surface area contributed by atoms with Crippen molar-refractivity contribution >= 4 is 5.78 Å². The van der Waals surface area contributed by atoms with E-state index in [1.807, 2.05) is 41.5 Å². The molecule has 0 bridgehead atoms. The lowest BCUT2D eigenvalue weighted by molar-refractivity contribution is -0.131. The molecule has 0 amide bonds. The van der Waals surface area contributed by atoms with Gasteiger partial charge in [0.2, 0.25) is 0 Å². The van der Waals surface area contributed by atoms with Gasteiger partial charge in [0.1, 0.15) is 5.78 Å². The van der Waals surface area contributed by atoms with Crippen LogP contribution in [0.1, 0.15) is 126 Å². The number of ketones is 1. The Kier molecular flexibility index (Phi) is 9.43. The van der Waals surface area contributed by atoms with Crippen molar-refractivity contribution < 1.29 is 15.0 Å². The second-order valence-electron chi connectivity index (χ2n) is 11.5. The van der Waals surface area contributed by atoms with E-state index in [4.69, 9.17) is 0 Å². The van der Waals surface area contributed by atoms with E-state index in [1.54, 1.807) is 0 Å². The summed E-state index contributed by atoms with van der Waals surface area (Å²) in [6.07, 6.45) is 11.1. The molecule has 0 aromatic carbocycles. The van der Waals surface area contributed by atoms with Gasteiger partial charge in [-0.15, -0.1) is 0 Å². The molecule has 2 aliphatic carbocycles. The number of rotatable bonds is 9. The van der Waals surface area contributed by atoms with Gasteiger partial charge < -0.3 is 10.2 Å². The fraction of sp³-hybridized carbons (Fsp3) is 0.962. The average Bonchev–Trinajstić information content (AvgIpc) is 2.93. The highest BCUT2D eigenvalue weighted by Gasteiger charge is 2.56. The predicted molar refractivity (Wildman–Crippen MR) is 123 cm³/mol. The molecular formula is C26H50O3. The number of hydrogen-bond donors (Lipinski definition) is 2. The van der Waals surface area contributed by atoms with Gasteiger partial charge in [-0.05, 0) is 95.8 Å². The topological polar surface area (TPSA) is 57.5 Å². The first-order valence-corrected chi connectivity index (χ1v) is 12.2. The maximum absolute atomic E-state index is 12.6. The van der Waals surface area contributed by atoms with Gasteiger partial charge in [0.15, 0.2) is 0 Å². The Balaban J connectivity index is 0.00000204. The van der Waals surface area contributed by atoms with Gasteiger partial charge in [-0.25, -0.2) is 0 Å². The molecule has 2 fully saturated rings. The van der Waals surface area contributed by atoms with Crippen LogP contribution in [0.4, 0.5) is 0 Å². The van der Waals surface area contributed by atoms with Crippen LogP contribution in [-0.2, 0) is 4.79 Å². The summed E-state index contributed by atoms with van der Waals surface area (Å²) in [4.78, 5) is 12.6. The van der Waals surface area contributed by atoms with Gasteiger partial charge >= 0.3 is 0 Å². The van der Waals surface area contributed by atoms with E-state index in [0.29, 0.717) is 11.7 Å². The molecule has 2 saturated carbocycles. The smallest absolute Gasteiger partial charge is 0.136 e. The molecule has 0 aliphatic heterocycles. The number of carbonyl (C=O) groups excluding carboxylic acids is 1. The molecule has 29 heavy (non-hydrogen) atoms. The van der Waals surface area contributed by atoms with Crippen LogP contribution in [0.5, 0.6) is 0 Å². The van der Waals surface area contributed by atoms with Crippen molar-refractivity contribution in [3.63, 3.8) is 0 Å². The molecule has 0 spiro atoms. The minimum atomic E-state index is -0.614. The van der Waals surface area contributed by atoms with E-state index in [0.717, 1.165) is 64.2 Å². The van der Waals surface area contributed by atoms with Crippen LogP contribution in [0.15, 0.2) is 0 Å². The highest BCUT2D eigenvalue weighted by Crippen LogP contribution is 2.61. The fourth-order valence-corrected chi connectivity index (χ4v) is 6.40. The zero-order valence-corrected chi connectivity index (χ0v) is 20.7. The summed E-state index contributed by atoms with van der Waals surface area (Å²) in [5, 5.41) is 20.3. The van der Waals surface area contributed by atoms with Crippen molar-refractivity contribution in [2.45, 2.75) is 137 Å². The summed E-state index contributed by atoms with van der Waals surface area (Å²) < 4.78 is 0. The Labute approximate surface area is 181 Å². The van der Waals surface area contributed by atoms with Gasteiger partial charge in [-0.2, -0.15) is 0 Å². The van der Waals surface area contributed by atoms with Crippen LogP contribution >= 0.6 is 0 Å². The first-order valence-electron chi connectivity index (χ1n) is 12.2. The molecule has 2 rings (SSSR count). The first-order chi connectivity index (χ1) is 13.3. The Hall–Kier alpha value is -0.410. The molecule has 2 unspecified atom stereocenters. The Bertz CT molecular complexity index is 491. The zero-order chi connectivity index (χ0) is 22.5. The van der Waals surface area contributed by atoms with Crippen molar-refractivity contribution in [1.29, 1.82) is 0 Å². The summed E-state index contributed by atoms with van der Waals surface area (Å²) >= 11 is 0. The Morgan fingerprint density at radius 1 is 0.897 bits per heavy atom. The normalized spacial score (nSPS) is 28.0. The SMILES string of the molecule is CC.CC(C)(O)CCCC(C)(CCCC(C)(C)O)[C@H]1CCC2C(=O)CCCC21C. The molecule has 2 aliphatic rings. The fourth-order valence-electron chi connectivity index (χ4n) is 6.40. The third-order valence-corrected chi connectivity index (χ3v) is 7.78. The lowest BCUT2D eigenvalue weighted by Gasteiger charge is -2.49. The van der Waals surface area contributed by atoms with Gasteiger partial charge in [0.25, 0.3) is 0 Å². The predicted octanol–water partition coefficient (Wildman–Crippen LogP) is 6.69. The molecule has 172 valence electrons. The molecule has 2 N–H and O–H groups in total. The molecule has 0 aromatic heterocycles. The van der Waals surface area contributed by atoms with Gasteiger partial charge in [-0.1, -0.05) is 40.5 Å². The second-order valence-corrected chi connectivity index (χ2v) is 11.5. The molecule has 0 radical (unpaired) electrons. The molecule has 0 heterocycles. The van der Waals surface area contributed by atoms with Gasteiger partial charge in [-0.3, -0.25) is 4.79 Å². The van der Waals surface area contributed by atoms with Crippen molar-refractivity contribution in [2.75, 3.05) is 0 Å². The van der Waals surface area contributed by atoms with Crippen LogP contribution in [0.3, 0.4) is 0 Å². The van der Waals surface area contributed by atoms with Crippen LogP contribution < -0.4 is 0 Å². The van der Waals surface area contributed by atoms with Crippen LogP contribution in [0.2, 0.25) is 0 Å². The van der Waals surface area contributed by atoms with Gasteiger partial charge in [0, 0.05) is 12.3 Å². The van der Waals surface area contributed by atoms with Crippen molar-refractivity contribution in [3.8, 4) is 0 Å². The minimum Gasteiger partial charge on any atom is -0.390 e. The molecule has 3 heteroatoms. The number of aliphatic hydroxyl groups is 2. The zero-order valence-electron chi connectivity index (χ0n) is 20.7. The van der Waals surface area contributed by atoms with E-state index < -0.39 is 11.2 Å². The molecule has 0 aromatic rings. The van der Waals surface area contributed by atoms with E-state index in [9.17, 15) is 15.0 Å². The lowest BCUT2D eigenvalue weighted by Crippen LogP contribution is -2.43. The van der Waals surface area contributed by atoms with E-state index >= 15 is 0 Å². The van der Waals surface area contributed by atoms with Crippen molar-refractivity contribution in [2.24, 2.45) is 22.7 Å². The number of Topliss-reactive ketones (excluding diaryl/α,β-unsaturated/α-hetero) is 1. The molecule has 0 saturated heterocycles. The third kappa shape index (κ3) is 7.35. The van der Waals surface area contributed by atoms with Crippen molar-refractivity contribution in [1.82, 2.24) is 0 Å². The summed E-state index contributed by atoms with van der Waals surface area (Å²) in [7, 11) is 0. The largest absolute Gasteiger partial charge is 0.390 e. The number of carbonyl (C=O) groups is 1. The van der Waals surface area contributed by atoms with E-state index in [1.165, 1.54) is 6.42 Å². The average molecular weight is 411 g/mol. The Morgan fingerprint density at radius 3 is 1.83 bits per heavy atom. The number of hydrogen-bond acceptors (Lipinski definition) is 3.